The molecule has 5 heteroatoms. The molecule has 104 valence electrons. The second-order valence-corrected chi connectivity index (χ2v) is 5.08. The lowest BCUT2D eigenvalue weighted by Crippen LogP contribution is -2.54. The summed E-state index contributed by atoms with van der Waals surface area (Å²) in [5.74, 6) is -2.71. The van der Waals surface area contributed by atoms with Gasteiger partial charge in [-0.1, -0.05) is 12.5 Å². The van der Waals surface area contributed by atoms with E-state index in [0.717, 1.165) is 25.3 Å². The minimum atomic E-state index is -1.10. The molecule has 1 aromatic rings. The SMILES string of the molecule is CC1CCCC(C)N1NC(=O)c1cccc(F)c1F. The normalized spacial score (nSPS) is 24.2. The van der Waals surface area contributed by atoms with E-state index in [1.54, 1.807) is 0 Å². The Morgan fingerprint density at radius 1 is 1.26 bits per heavy atom. The largest absolute Gasteiger partial charge is 0.284 e. The zero-order valence-corrected chi connectivity index (χ0v) is 11.1. The molecule has 0 radical (unpaired) electrons. The predicted octanol–water partition coefficient (Wildman–Crippen LogP) is 2.87. The molecule has 19 heavy (non-hydrogen) atoms. The molecule has 1 saturated heterocycles. The van der Waals surface area contributed by atoms with Gasteiger partial charge in [0.25, 0.3) is 5.91 Å². The van der Waals surface area contributed by atoms with Crippen LogP contribution in [0.3, 0.4) is 0 Å². The number of benzene rings is 1. The van der Waals surface area contributed by atoms with Gasteiger partial charge in [0.05, 0.1) is 5.56 Å². The number of piperidine rings is 1. The molecule has 2 unspecified atom stereocenters. The van der Waals surface area contributed by atoms with Crippen LogP contribution in [0.5, 0.6) is 0 Å². The van der Waals surface area contributed by atoms with Gasteiger partial charge in [-0.25, -0.2) is 13.8 Å². The van der Waals surface area contributed by atoms with Gasteiger partial charge in [-0.15, -0.1) is 0 Å². The number of carbonyl (C=O) groups excluding carboxylic acids is 1. The molecule has 0 spiro atoms. The van der Waals surface area contributed by atoms with E-state index in [2.05, 4.69) is 5.43 Å². The van der Waals surface area contributed by atoms with Crippen molar-refractivity contribution < 1.29 is 13.6 Å². The number of amides is 1. The molecule has 2 atom stereocenters. The summed E-state index contributed by atoms with van der Waals surface area (Å²) in [6.45, 7) is 4.02. The average Bonchev–Trinajstić information content (AvgIpc) is 2.37. The lowest BCUT2D eigenvalue weighted by atomic mass is 10.00. The van der Waals surface area contributed by atoms with Crippen LogP contribution < -0.4 is 5.43 Å². The first-order chi connectivity index (χ1) is 9.00. The summed E-state index contributed by atoms with van der Waals surface area (Å²) in [6.07, 6.45) is 3.08. The van der Waals surface area contributed by atoms with Crippen LogP contribution in [0, 0.1) is 11.6 Å². The van der Waals surface area contributed by atoms with Crippen molar-refractivity contribution in [2.24, 2.45) is 0 Å². The third-order valence-corrected chi connectivity index (χ3v) is 3.62. The number of hydrogen-bond acceptors (Lipinski definition) is 2. The highest BCUT2D eigenvalue weighted by molar-refractivity contribution is 5.94. The van der Waals surface area contributed by atoms with E-state index in [1.807, 2.05) is 18.9 Å². The second-order valence-electron chi connectivity index (χ2n) is 5.08. The second kappa shape index (κ2) is 5.65. The maximum absolute atomic E-state index is 13.5. The molecule has 1 amide bonds. The van der Waals surface area contributed by atoms with Gasteiger partial charge in [0.1, 0.15) is 0 Å². The summed E-state index contributed by atoms with van der Waals surface area (Å²) in [6, 6.07) is 4.01. The zero-order chi connectivity index (χ0) is 14.0. The molecule has 0 aliphatic carbocycles. The van der Waals surface area contributed by atoms with E-state index >= 15 is 0 Å². The van der Waals surface area contributed by atoms with Crippen molar-refractivity contribution in [3.63, 3.8) is 0 Å². The number of carbonyl (C=O) groups is 1. The first-order valence-electron chi connectivity index (χ1n) is 6.54. The number of hydrazine groups is 1. The summed E-state index contributed by atoms with van der Waals surface area (Å²) in [4.78, 5) is 12.0. The molecule has 1 aliphatic rings. The number of nitrogens with one attached hydrogen (secondary N) is 1. The highest BCUT2D eigenvalue weighted by Gasteiger charge is 2.27. The molecule has 1 N–H and O–H groups in total. The molecular formula is C14H18F2N2O. The highest BCUT2D eigenvalue weighted by atomic mass is 19.2. The van der Waals surface area contributed by atoms with Crippen molar-refractivity contribution in [2.75, 3.05) is 0 Å². The molecule has 0 bridgehead atoms. The van der Waals surface area contributed by atoms with Gasteiger partial charge in [0.15, 0.2) is 11.6 Å². The van der Waals surface area contributed by atoms with Crippen LogP contribution in [-0.2, 0) is 0 Å². The maximum atomic E-state index is 13.5. The van der Waals surface area contributed by atoms with Crippen LogP contribution in [0.1, 0.15) is 43.5 Å². The van der Waals surface area contributed by atoms with Gasteiger partial charge in [-0.3, -0.25) is 10.2 Å². The standard InChI is InChI=1S/C14H18F2N2O/c1-9-5-3-6-10(2)18(9)17-14(19)11-7-4-8-12(15)13(11)16/h4,7-10H,3,5-6H2,1-2H3,(H,17,19). The zero-order valence-electron chi connectivity index (χ0n) is 11.1. The summed E-state index contributed by atoms with van der Waals surface area (Å²) in [5, 5.41) is 1.83. The van der Waals surface area contributed by atoms with E-state index in [-0.39, 0.29) is 17.6 Å². The molecule has 1 aromatic carbocycles. The third-order valence-electron chi connectivity index (χ3n) is 3.62. The summed E-state index contributed by atoms with van der Waals surface area (Å²) in [7, 11) is 0. The summed E-state index contributed by atoms with van der Waals surface area (Å²) >= 11 is 0. The van der Waals surface area contributed by atoms with Gasteiger partial charge in [0, 0.05) is 12.1 Å². The summed E-state index contributed by atoms with van der Waals surface area (Å²) < 4.78 is 26.6. The average molecular weight is 268 g/mol. The van der Waals surface area contributed by atoms with Crippen LogP contribution in [0.25, 0.3) is 0 Å². The predicted molar refractivity (Wildman–Crippen MR) is 68.4 cm³/mol. The van der Waals surface area contributed by atoms with Crippen molar-refractivity contribution in [2.45, 2.75) is 45.2 Å². The lowest BCUT2D eigenvalue weighted by molar-refractivity contribution is 0.0366. The van der Waals surface area contributed by atoms with Crippen LogP contribution in [0.4, 0.5) is 8.78 Å². The number of halogens is 2. The van der Waals surface area contributed by atoms with Crippen molar-refractivity contribution in [1.82, 2.24) is 10.4 Å². The first-order valence-corrected chi connectivity index (χ1v) is 6.54. The van der Waals surface area contributed by atoms with Gasteiger partial charge >= 0.3 is 0 Å². The van der Waals surface area contributed by atoms with Crippen molar-refractivity contribution in [3.8, 4) is 0 Å². The topological polar surface area (TPSA) is 32.3 Å². The Bertz CT molecular complexity index is 469. The Kier molecular flexibility index (Phi) is 4.14. The Hall–Kier alpha value is -1.49. The first kappa shape index (κ1) is 13.9. The van der Waals surface area contributed by atoms with Crippen LogP contribution in [0.15, 0.2) is 18.2 Å². The number of hydrogen-bond donors (Lipinski definition) is 1. The molecule has 2 rings (SSSR count). The van der Waals surface area contributed by atoms with E-state index in [1.165, 1.54) is 12.1 Å². The van der Waals surface area contributed by atoms with E-state index in [9.17, 15) is 13.6 Å². The van der Waals surface area contributed by atoms with E-state index in [4.69, 9.17) is 0 Å². The van der Waals surface area contributed by atoms with Crippen LogP contribution >= 0.6 is 0 Å². The maximum Gasteiger partial charge on any atom is 0.268 e. The number of nitrogens with zero attached hydrogens (tertiary/aromatic N) is 1. The van der Waals surface area contributed by atoms with Gasteiger partial charge in [-0.05, 0) is 38.8 Å². The van der Waals surface area contributed by atoms with Crippen molar-refractivity contribution in [1.29, 1.82) is 0 Å². The Balaban J connectivity index is 2.14. The quantitative estimate of drug-likeness (QED) is 0.894. The fourth-order valence-corrected chi connectivity index (χ4v) is 2.50. The van der Waals surface area contributed by atoms with Crippen molar-refractivity contribution in [3.05, 3.63) is 35.4 Å². The molecular weight excluding hydrogens is 250 g/mol. The smallest absolute Gasteiger partial charge is 0.268 e. The van der Waals surface area contributed by atoms with Gasteiger partial charge < -0.3 is 0 Å². The van der Waals surface area contributed by atoms with E-state index in [0.29, 0.717) is 0 Å². The Morgan fingerprint density at radius 3 is 2.53 bits per heavy atom. The minimum absolute atomic E-state index is 0.198. The molecule has 0 aromatic heterocycles. The number of rotatable bonds is 2. The molecule has 3 nitrogen and oxygen atoms in total. The van der Waals surface area contributed by atoms with E-state index < -0.39 is 17.5 Å². The van der Waals surface area contributed by atoms with Crippen LogP contribution in [-0.4, -0.2) is 23.0 Å². The Labute approximate surface area is 111 Å². The highest BCUT2D eigenvalue weighted by Crippen LogP contribution is 2.21. The van der Waals surface area contributed by atoms with Crippen LogP contribution in [0.2, 0.25) is 0 Å². The van der Waals surface area contributed by atoms with Gasteiger partial charge in [-0.2, -0.15) is 0 Å². The molecule has 1 fully saturated rings. The summed E-state index contributed by atoms with van der Waals surface area (Å²) in [5.41, 5.74) is 2.43. The van der Waals surface area contributed by atoms with Gasteiger partial charge in [0.2, 0.25) is 0 Å². The lowest BCUT2D eigenvalue weighted by Gasteiger charge is -2.38. The third kappa shape index (κ3) is 2.92. The fraction of sp³-hybridized carbons (Fsp3) is 0.500. The Morgan fingerprint density at radius 2 is 1.89 bits per heavy atom. The molecule has 1 aliphatic heterocycles. The monoisotopic (exact) mass is 268 g/mol. The van der Waals surface area contributed by atoms with Crippen molar-refractivity contribution >= 4 is 5.91 Å². The molecule has 1 heterocycles. The fourth-order valence-electron chi connectivity index (χ4n) is 2.50. The molecule has 0 saturated carbocycles. The minimum Gasteiger partial charge on any atom is -0.284 e.